The Hall–Kier alpha value is -8.87. The van der Waals surface area contributed by atoms with Gasteiger partial charge in [-0.15, -0.1) is 0 Å². The molecule has 0 spiro atoms. The predicted octanol–water partition coefficient (Wildman–Crippen LogP) is 22.5. The molecule has 438 valence electrons. The van der Waals surface area contributed by atoms with Gasteiger partial charge < -0.3 is 0 Å². The standard InChI is InChI=1S/C79H61Br3N8/c1-77(2,3)69-43-59-56(25-16-28-60(59)80)72-83-63-40-44(31-34-66(63)88(69)72)50-19-10-13-22-53(50)47-37-48(54-23-14-11-20-51(54)45-32-35-67-64(41-45)84-73-57-26-17-29-61(81)70(57)86-75(89(67)73)78(4,5)6)39-49(38-47)55-24-15-12-21-52(55)46-33-36-68-65(42-46)85-74-58-27-18-30-62(82)71(58)87-76(90(68)74)79(7,8)9/h10-43H,1-9H3. The quantitative estimate of drug-likeness (QED) is 0.166. The first kappa shape index (κ1) is 56.4. The van der Waals surface area contributed by atoms with Gasteiger partial charge in [0, 0.05) is 56.9 Å². The maximum absolute atomic E-state index is 5.48. The van der Waals surface area contributed by atoms with Crippen LogP contribution in [0.2, 0.25) is 0 Å². The lowest BCUT2D eigenvalue weighted by molar-refractivity contribution is 0.542. The van der Waals surface area contributed by atoms with Gasteiger partial charge in [-0.3, -0.25) is 13.2 Å². The van der Waals surface area contributed by atoms with Crippen LogP contribution in [0.4, 0.5) is 0 Å². The molecule has 0 aliphatic rings. The highest BCUT2D eigenvalue weighted by atomic mass is 79.9. The summed E-state index contributed by atoms with van der Waals surface area (Å²) in [5.74, 6) is 1.92. The third-order valence-corrected chi connectivity index (χ3v) is 19.8. The summed E-state index contributed by atoms with van der Waals surface area (Å²) in [7, 11) is 0. The zero-order valence-corrected chi connectivity index (χ0v) is 56.1. The third-order valence-electron chi connectivity index (χ3n) is 17.8. The van der Waals surface area contributed by atoms with Crippen molar-refractivity contribution in [2.75, 3.05) is 0 Å². The van der Waals surface area contributed by atoms with E-state index in [1.54, 1.807) is 0 Å². The number of para-hydroxylation sites is 2. The first-order chi connectivity index (χ1) is 43.2. The second-order valence-electron chi connectivity index (χ2n) is 27.0. The SMILES string of the molecule is CC(C)(C)c1cc2c(Br)cccc2c2nc3cc(-c4ccccc4-c4cc(-c5ccccc5-c5ccc6c(c5)nc5c7cccc(Br)c7nc(C(C)(C)C)n65)cc(-c5ccccc5-c5ccc6c(c5)nc5c7cccc(Br)c7nc(C(C)(C)C)n65)c4)ccc3n12. The molecular formula is C79H61Br3N8. The van der Waals surface area contributed by atoms with Gasteiger partial charge in [0.15, 0.2) is 0 Å². The minimum atomic E-state index is -0.257. The smallest absolute Gasteiger partial charge is 0.148 e. The van der Waals surface area contributed by atoms with Crippen molar-refractivity contribution in [1.29, 1.82) is 0 Å². The molecule has 0 fully saturated rings. The molecule has 0 saturated heterocycles. The lowest BCUT2D eigenvalue weighted by Gasteiger charge is -2.22. The van der Waals surface area contributed by atoms with Gasteiger partial charge in [0.25, 0.3) is 0 Å². The predicted molar refractivity (Wildman–Crippen MR) is 385 cm³/mol. The minimum Gasteiger partial charge on any atom is -0.296 e. The normalized spacial score (nSPS) is 12.7. The molecule has 6 heterocycles. The van der Waals surface area contributed by atoms with E-state index in [1.165, 1.54) is 5.69 Å². The molecule has 11 heteroatoms. The number of fused-ring (bicyclic) bond motifs is 15. The Labute approximate surface area is 546 Å². The molecule has 6 aromatic heterocycles. The van der Waals surface area contributed by atoms with Gasteiger partial charge in [0.05, 0.1) is 44.1 Å². The highest BCUT2D eigenvalue weighted by Gasteiger charge is 2.28. The van der Waals surface area contributed by atoms with Crippen LogP contribution in [0.5, 0.6) is 0 Å². The van der Waals surface area contributed by atoms with Gasteiger partial charge in [-0.05, 0) is 190 Å². The van der Waals surface area contributed by atoms with Crippen molar-refractivity contribution in [2.45, 2.75) is 78.6 Å². The van der Waals surface area contributed by atoms with Crippen molar-refractivity contribution in [3.05, 3.63) is 237 Å². The van der Waals surface area contributed by atoms with Crippen LogP contribution in [0.25, 0.3) is 149 Å². The van der Waals surface area contributed by atoms with E-state index in [0.29, 0.717) is 0 Å². The number of nitrogens with zero attached hydrogens (tertiary/aromatic N) is 8. The van der Waals surface area contributed by atoms with Gasteiger partial charge >= 0.3 is 0 Å². The van der Waals surface area contributed by atoms with Crippen LogP contribution in [0.15, 0.2) is 220 Å². The van der Waals surface area contributed by atoms with Crippen molar-refractivity contribution in [1.82, 2.24) is 38.1 Å². The average Bonchev–Trinajstić information content (AvgIpc) is 2.08. The molecule has 0 aliphatic heterocycles. The number of imidazole rings is 3. The molecule has 0 amide bonds. The van der Waals surface area contributed by atoms with Gasteiger partial charge in [-0.1, -0.05) is 194 Å². The number of aromatic nitrogens is 8. The summed E-state index contributed by atoms with van der Waals surface area (Å²) < 4.78 is 9.86. The number of benzene rings is 10. The number of rotatable bonds is 6. The fourth-order valence-electron chi connectivity index (χ4n) is 13.6. The first-order valence-electron chi connectivity index (χ1n) is 30.6. The maximum Gasteiger partial charge on any atom is 0.148 e. The Bertz CT molecular complexity index is 5160. The molecule has 16 rings (SSSR count). The van der Waals surface area contributed by atoms with Crippen LogP contribution >= 0.6 is 47.8 Å². The zero-order chi connectivity index (χ0) is 61.9. The van der Waals surface area contributed by atoms with Gasteiger partial charge in [-0.2, -0.15) is 0 Å². The summed E-state index contributed by atoms with van der Waals surface area (Å²) in [5.41, 5.74) is 24.2. The Morgan fingerprint density at radius 2 is 0.611 bits per heavy atom. The Kier molecular flexibility index (Phi) is 12.9. The summed E-state index contributed by atoms with van der Waals surface area (Å²) >= 11 is 11.5. The van der Waals surface area contributed by atoms with Gasteiger partial charge in [0.1, 0.15) is 28.6 Å². The largest absolute Gasteiger partial charge is 0.296 e. The maximum atomic E-state index is 5.48. The van der Waals surface area contributed by atoms with Crippen molar-refractivity contribution in [3.63, 3.8) is 0 Å². The number of hydrogen-bond donors (Lipinski definition) is 0. The van der Waals surface area contributed by atoms with Crippen molar-refractivity contribution in [2.24, 2.45) is 0 Å². The van der Waals surface area contributed by atoms with Crippen LogP contribution in [0.3, 0.4) is 0 Å². The summed E-state index contributed by atoms with van der Waals surface area (Å²) in [6.45, 7) is 20.2. The highest BCUT2D eigenvalue weighted by molar-refractivity contribution is 9.11. The summed E-state index contributed by atoms with van der Waals surface area (Å²) in [4.78, 5) is 27.0. The van der Waals surface area contributed by atoms with Crippen molar-refractivity contribution >= 4 is 130 Å². The summed E-state index contributed by atoms with van der Waals surface area (Å²) in [6.07, 6.45) is 0. The third kappa shape index (κ3) is 9.04. The van der Waals surface area contributed by atoms with E-state index in [-0.39, 0.29) is 16.2 Å². The topological polar surface area (TPSA) is 77.7 Å². The van der Waals surface area contributed by atoms with E-state index in [9.17, 15) is 0 Å². The molecule has 90 heavy (non-hydrogen) atoms. The second-order valence-corrected chi connectivity index (χ2v) is 29.5. The summed E-state index contributed by atoms with van der Waals surface area (Å²) in [5, 5.41) is 4.27. The van der Waals surface area contributed by atoms with E-state index in [4.69, 9.17) is 24.9 Å². The number of halogens is 3. The average molecular weight is 1360 g/mol. The molecular weight excluding hydrogens is 1300 g/mol. The molecule has 0 radical (unpaired) electrons. The van der Waals surface area contributed by atoms with Gasteiger partial charge in [-0.25, -0.2) is 24.9 Å². The van der Waals surface area contributed by atoms with Crippen LogP contribution < -0.4 is 0 Å². The Morgan fingerprint density at radius 3 is 0.978 bits per heavy atom. The molecule has 0 aliphatic carbocycles. The van der Waals surface area contributed by atoms with Crippen LogP contribution in [0.1, 0.15) is 79.7 Å². The Morgan fingerprint density at radius 1 is 0.278 bits per heavy atom. The molecule has 10 aromatic carbocycles. The number of pyridine rings is 1. The van der Waals surface area contributed by atoms with Crippen molar-refractivity contribution in [3.8, 4) is 66.8 Å². The molecule has 16 aromatic rings. The second kappa shape index (κ2) is 20.6. The van der Waals surface area contributed by atoms with E-state index < -0.39 is 0 Å². The fourth-order valence-corrected chi connectivity index (χ4v) is 15.0. The van der Waals surface area contributed by atoms with E-state index >= 15 is 0 Å². The van der Waals surface area contributed by atoms with Crippen LogP contribution in [-0.2, 0) is 16.2 Å². The fraction of sp³-hybridized carbons (Fsp3) is 0.152. The monoisotopic (exact) mass is 1360 g/mol. The van der Waals surface area contributed by atoms with Crippen LogP contribution in [0, 0.1) is 0 Å². The van der Waals surface area contributed by atoms with E-state index in [1.807, 2.05) is 0 Å². The Balaban J connectivity index is 0.900. The zero-order valence-electron chi connectivity index (χ0n) is 51.3. The molecule has 0 atom stereocenters. The molecule has 8 nitrogen and oxygen atoms in total. The molecule has 0 bridgehead atoms. The van der Waals surface area contributed by atoms with E-state index in [0.717, 1.165) is 174 Å². The lowest BCUT2D eigenvalue weighted by Crippen LogP contribution is -2.19. The van der Waals surface area contributed by atoms with Gasteiger partial charge in [0.2, 0.25) is 0 Å². The lowest BCUT2D eigenvalue weighted by atomic mass is 9.86. The molecule has 0 unspecified atom stereocenters. The van der Waals surface area contributed by atoms with Crippen LogP contribution in [-0.4, -0.2) is 38.1 Å². The molecule has 0 saturated carbocycles. The number of hydrogen-bond acceptors (Lipinski definition) is 5. The highest BCUT2D eigenvalue weighted by Crippen LogP contribution is 2.45. The summed E-state index contributed by atoms with van der Waals surface area (Å²) in [6, 6.07) is 75.1. The molecule has 0 N–H and O–H groups in total. The minimum absolute atomic E-state index is 0.149. The van der Waals surface area contributed by atoms with Crippen molar-refractivity contribution < 1.29 is 0 Å². The van der Waals surface area contributed by atoms with E-state index in [2.05, 4.69) is 330 Å². The first-order valence-corrected chi connectivity index (χ1v) is 32.9.